The molecule has 0 fully saturated rings. The van der Waals surface area contributed by atoms with Gasteiger partial charge in [-0.25, -0.2) is 9.59 Å². The molecule has 8 heteroatoms. The molecule has 42 heavy (non-hydrogen) atoms. The summed E-state index contributed by atoms with van der Waals surface area (Å²) in [4.78, 5) is 26.1. The zero-order chi connectivity index (χ0) is 28.8. The first-order chi connectivity index (χ1) is 20.5. The number of methoxy groups -OCH3 is 2. The van der Waals surface area contributed by atoms with Crippen LogP contribution in [0.25, 0.3) is 55.4 Å². The molecule has 0 atom stereocenters. The van der Waals surface area contributed by atoms with Gasteiger partial charge in [0.25, 0.3) is 0 Å². The molecule has 0 bridgehead atoms. The summed E-state index contributed by atoms with van der Waals surface area (Å²) < 4.78 is 34.4. The summed E-state index contributed by atoms with van der Waals surface area (Å²) in [5.74, 6) is 1.06. The molecule has 0 aliphatic carbocycles. The van der Waals surface area contributed by atoms with Crippen LogP contribution in [0.3, 0.4) is 0 Å². The molecule has 0 unspecified atom stereocenters. The zero-order valence-electron chi connectivity index (χ0n) is 22.5. The fourth-order valence-electron chi connectivity index (χ4n) is 5.10. The van der Waals surface area contributed by atoms with Gasteiger partial charge in [-0.3, -0.25) is 0 Å². The Kier molecular flexibility index (Phi) is 6.01. The van der Waals surface area contributed by atoms with Gasteiger partial charge in [-0.05, 0) is 42.0 Å². The second-order valence-electron chi connectivity index (χ2n) is 9.56. The van der Waals surface area contributed by atoms with E-state index in [-0.39, 0.29) is 11.5 Å². The Balaban J connectivity index is 1.40. The molecule has 0 aliphatic rings. The van der Waals surface area contributed by atoms with Crippen molar-refractivity contribution in [3.63, 3.8) is 0 Å². The number of ether oxygens (including phenoxy) is 3. The van der Waals surface area contributed by atoms with Gasteiger partial charge in [0.2, 0.25) is 5.76 Å². The van der Waals surface area contributed by atoms with E-state index < -0.39 is 11.6 Å². The second kappa shape index (κ2) is 10.0. The minimum absolute atomic E-state index is 0.0119. The zero-order valence-corrected chi connectivity index (χ0v) is 22.5. The lowest BCUT2D eigenvalue weighted by Crippen LogP contribution is -2.08. The van der Waals surface area contributed by atoms with Crippen LogP contribution in [-0.4, -0.2) is 20.2 Å². The molecule has 7 aromatic rings. The van der Waals surface area contributed by atoms with Crippen LogP contribution in [0.15, 0.2) is 115 Å². The lowest BCUT2D eigenvalue weighted by molar-refractivity contribution is 0.0705. The van der Waals surface area contributed by atoms with Crippen molar-refractivity contribution >= 4 is 38.9 Å². The molecule has 0 radical (unpaired) electrons. The second-order valence-corrected chi connectivity index (χ2v) is 9.56. The van der Waals surface area contributed by atoms with Gasteiger partial charge in [0, 0.05) is 33.4 Å². The third-order valence-electron chi connectivity index (χ3n) is 7.05. The van der Waals surface area contributed by atoms with Gasteiger partial charge < -0.3 is 27.5 Å². The van der Waals surface area contributed by atoms with E-state index in [1.807, 2.05) is 60.7 Å². The standard InChI is InChI=1S/C34H22O8/c1-37-25-12-6-10-20-14-27(40-32(20)25)24-18-31(35)39-29-16-22(19-8-4-3-5-9-19)28(17-23(24)29)42-34(36)30-15-21-11-7-13-26(38-2)33(21)41-30/h3-18H,1-2H3. The van der Waals surface area contributed by atoms with E-state index in [4.69, 9.17) is 27.5 Å². The molecule has 0 spiro atoms. The topological polar surface area (TPSA) is 101 Å². The van der Waals surface area contributed by atoms with Gasteiger partial charge in [0.05, 0.1) is 14.2 Å². The van der Waals surface area contributed by atoms with E-state index in [9.17, 15) is 9.59 Å². The molecule has 3 heterocycles. The summed E-state index contributed by atoms with van der Waals surface area (Å²) in [5.41, 5.74) is 2.53. The largest absolute Gasteiger partial charge is 0.493 e. The molecular formula is C34H22O8. The van der Waals surface area contributed by atoms with Crippen molar-refractivity contribution in [3.8, 4) is 39.7 Å². The van der Waals surface area contributed by atoms with Crippen LogP contribution in [-0.2, 0) is 0 Å². The number of benzene rings is 4. The fourth-order valence-corrected chi connectivity index (χ4v) is 5.10. The number of esters is 1. The van der Waals surface area contributed by atoms with E-state index >= 15 is 0 Å². The Morgan fingerprint density at radius 1 is 0.643 bits per heavy atom. The number of carbonyl (C=O) groups is 1. The number of hydrogen-bond acceptors (Lipinski definition) is 8. The first-order valence-electron chi connectivity index (χ1n) is 13.1. The monoisotopic (exact) mass is 558 g/mol. The van der Waals surface area contributed by atoms with Gasteiger partial charge in [-0.2, -0.15) is 0 Å². The quantitative estimate of drug-likeness (QED) is 0.116. The SMILES string of the molecule is COc1cccc2cc(C(=O)Oc3cc4c(-c5cc6cccc(OC)c6o5)cc(=O)oc4cc3-c3ccccc3)oc12. The average molecular weight is 559 g/mol. The van der Waals surface area contributed by atoms with Crippen molar-refractivity contribution in [1.29, 1.82) is 0 Å². The molecular weight excluding hydrogens is 536 g/mol. The summed E-state index contributed by atoms with van der Waals surface area (Å²) in [6.45, 7) is 0. The predicted octanol–water partition coefficient (Wildman–Crippen LogP) is 7.86. The number of hydrogen-bond donors (Lipinski definition) is 0. The van der Waals surface area contributed by atoms with Gasteiger partial charge in [-0.1, -0.05) is 54.6 Å². The molecule has 0 aliphatic heterocycles. The van der Waals surface area contributed by atoms with Crippen molar-refractivity contribution in [3.05, 3.63) is 113 Å². The first kappa shape index (κ1) is 25.2. The van der Waals surface area contributed by atoms with Gasteiger partial charge >= 0.3 is 11.6 Å². The number of fused-ring (bicyclic) bond motifs is 3. The maximum Gasteiger partial charge on any atom is 0.379 e. The van der Waals surface area contributed by atoms with E-state index in [1.54, 1.807) is 37.4 Å². The predicted molar refractivity (Wildman–Crippen MR) is 157 cm³/mol. The van der Waals surface area contributed by atoms with Crippen LogP contribution in [0.4, 0.5) is 0 Å². The summed E-state index contributed by atoms with van der Waals surface area (Å²) in [7, 11) is 3.10. The van der Waals surface area contributed by atoms with Crippen molar-refractivity contribution in [2.75, 3.05) is 14.2 Å². The van der Waals surface area contributed by atoms with Crippen LogP contribution in [0, 0.1) is 0 Å². The van der Waals surface area contributed by atoms with Gasteiger partial charge in [-0.15, -0.1) is 0 Å². The highest BCUT2D eigenvalue weighted by Gasteiger charge is 2.22. The molecule has 0 amide bonds. The molecule has 0 N–H and O–H groups in total. The third kappa shape index (κ3) is 4.26. The average Bonchev–Trinajstić information content (AvgIpc) is 3.66. The third-order valence-corrected chi connectivity index (χ3v) is 7.05. The normalized spacial score (nSPS) is 11.3. The Bertz CT molecular complexity index is 2180. The Labute approximate surface area is 238 Å². The van der Waals surface area contributed by atoms with Crippen LogP contribution in [0.2, 0.25) is 0 Å². The smallest absolute Gasteiger partial charge is 0.379 e. The molecule has 0 saturated heterocycles. The highest BCUT2D eigenvalue weighted by Crippen LogP contribution is 2.40. The minimum Gasteiger partial charge on any atom is -0.493 e. The van der Waals surface area contributed by atoms with Crippen LogP contribution < -0.4 is 19.8 Å². The Morgan fingerprint density at radius 3 is 2.05 bits per heavy atom. The van der Waals surface area contributed by atoms with Crippen LogP contribution >= 0.6 is 0 Å². The first-order valence-corrected chi connectivity index (χ1v) is 13.1. The number of furan rings is 2. The minimum atomic E-state index is -0.697. The summed E-state index contributed by atoms with van der Waals surface area (Å²) >= 11 is 0. The Hall–Kier alpha value is -5.76. The van der Waals surface area contributed by atoms with Gasteiger partial charge in [0.15, 0.2) is 22.7 Å². The number of carbonyl (C=O) groups excluding carboxylic acids is 1. The molecule has 206 valence electrons. The maximum atomic E-state index is 13.4. The number of para-hydroxylation sites is 2. The molecule has 7 rings (SSSR count). The van der Waals surface area contributed by atoms with E-state index in [1.165, 1.54) is 13.2 Å². The molecule has 4 aromatic carbocycles. The van der Waals surface area contributed by atoms with Crippen molar-refractivity contribution in [2.45, 2.75) is 0 Å². The van der Waals surface area contributed by atoms with Gasteiger partial charge in [0.1, 0.15) is 17.1 Å². The highest BCUT2D eigenvalue weighted by atomic mass is 16.5. The van der Waals surface area contributed by atoms with Crippen molar-refractivity contribution in [2.24, 2.45) is 0 Å². The molecule has 8 nitrogen and oxygen atoms in total. The van der Waals surface area contributed by atoms with E-state index in [2.05, 4.69) is 0 Å². The molecule has 0 saturated carbocycles. The summed E-state index contributed by atoms with van der Waals surface area (Å²) in [6, 6.07) is 28.4. The van der Waals surface area contributed by atoms with Crippen LogP contribution in [0.5, 0.6) is 17.2 Å². The summed E-state index contributed by atoms with van der Waals surface area (Å²) in [5, 5.41) is 2.02. The Morgan fingerprint density at radius 2 is 1.33 bits per heavy atom. The number of rotatable bonds is 6. The van der Waals surface area contributed by atoms with E-state index in [0.717, 1.165) is 10.9 Å². The fraction of sp³-hybridized carbons (Fsp3) is 0.0588. The highest BCUT2D eigenvalue weighted by molar-refractivity contribution is 6.01. The van der Waals surface area contributed by atoms with Crippen LogP contribution in [0.1, 0.15) is 10.6 Å². The van der Waals surface area contributed by atoms with Crippen molar-refractivity contribution < 1.29 is 32.3 Å². The van der Waals surface area contributed by atoms with E-state index in [0.29, 0.717) is 55.9 Å². The lowest BCUT2D eigenvalue weighted by atomic mass is 10.00. The summed E-state index contributed by atoms with van der Waals surface area (Å²) in [6.07, 6.45) is 0. The van der Waals surface area contributed by atoms with Crippen molar-refractivity contribution in [1.82, 2.24) is 0 Å². The lowest BCUT2D eigenvalue weighted by Gasteiger charge is -2.12. The maximum absolute atomic E-state index is 13.4. The molecule has 3 aromatic heterocycles.